The van der Waals surface area contributed by atoms with Crippen LogP contribution in [-0.2, 0) is 32.5 Å². The van der Waals surface area contributed by atoms with Crippen molar-refractivity contribution in [1.29, 1.82) is 0 Å². The smallest absolute Gasteiger partial charge is 0.313 e. The minimum absolute atomic E-state index is 0.130. The second-order valence-electron chi connectivity index (χ2n) is 6.86. The number of sulfonamides is 1. The van der Waals surface area contributed by atoms with E-state index in [4.69, 9.17) is 4.74 Å². The normalized spacial score (nSPS) is 16.2. The van der Waals surface area contributed by atoms with Crippen molar-refractivity contribution in [3.05, 3.63) is 41.9 Å². The highest BCUT2D eigenvalue weighted by Gasteiger charge is 2.23. The monoisotopic (exact) mass is 406 g/mol. The van der Waals surface area contributed by atoms with Gasteiger partial charge in [0.15, 0.2) is 0 Å². The molecule has 3 rings (SSSR count). The fraction of sp³-hybridized carbons (Fsp3) is 0.474. The van der Waals surface area contributed by atoms with Gasteiger partial charge in [-0.15, -0.1) is 0 Å². The molecule has 1 fully saturated rings. The van der Waals surface area contributed by atoms with E-state index >= 15 is 0 Å². The third kappa shape index (κ3) is 5.40. The van der Waals surface area contributed by atoms with Crippen LogP contribution in [0.25, 0.3) is 11.3 Å². The molecule has 0 bridgehead atoms. The lowest BCUT2D eigenvalue weighted by molar-refractivity contribution is -0.142. The number of piperazine rings is 1. The number of esters is 1. The van der Waals surface area contributed by atoms with E-state index in [1.54, 1.807) is 13.1 Å². The summed E-state index contributed by atoms with van der Waals surface area (Å²) < 4.78 is 29.6. The Balaban J connectivity index is 1.56. The third-order valence-corrected chi connectivity index (χ3v) is 6.02. The van der Waals surface area contributed by atoms with Gasteiger partial charge in [-0.05, 0) is 18.1 Å². The van der Waals surface area contributed by atoms with Crippen molar-refractivity contribution in [3.63, 3.8) is 0 Å². The summed E-state index contributed by atoms with van der Waals surface area (Å²) in [6, 6.07) is 8.15. The number of rotatable bonds is 7. The molecule has 28 heavy (non-hydrogen) atoms. The summed E-state index contributed by atoms with van der Waals surface area (Å²) in [7, 11) is -3.10. The zero-order valence-corrected chi connectivity index (χ0v) is 17.0. The van der Waals surface area contributed by atoms with E-state index in [2.05, 4.69) is 27.0 Å². The van der Waals surface area contributed by atoms with Crippen molar-refractivity contribution in [2.24, 2.45) is 0 Å². The van der Waals surface area contributed by atoms with E-state index in [0.717, 1.165) is 30.9 Å². The van der Waals surface area contributed by atoms with Crippen LogP contribution < -0.4 is 0 Å². The number of imidazole rings is 1. The molecule has 8 nitrogen and oxygen atoms in total. The van der Waals surface area contributed by atoms with Crippen molar-refractivity contribution >= 4 is 16.0 Å². The largest absolute Gasteiger partial charge is 0.466 e. The first kappa shape index (κ1) is 20.5. The highest BCUT2D eigenvalue weighted by Crippen LogP contribution is 2.19. The average molecular weight is 407 g/mol. The van der Waals surface area contributed by atoms with Crippen molar-refractivity contribution in [3.8, 4) is 11.3 Å². The van der Waals surface area contributed by atoms with Gasteiger partial charge in [0.05, 0.1) is 24.8 Å². The van der Waals surface area contributed by atoms with Gasteiger partial charge in [-0.2, -0.15) is 4.31 Å². The first-order valence-corrected chi connectivity index (χ1v) is 11.2. The maximum absolute atomic E-state index is 11.6. The second-order valence-corrected chi connectivity index (χ2v) is 8.84. The van der Waals surface area contributed by atoms with Crippen molar-refractivity contribution in [2.45, 2.75) is 19.9 Å². The predicted molar refractivity (Wildman–Crippen MR) is 106 cm³/mol. The molecular formula is C19H26N4O4S. The minimum atomic E-state index is -3.10. The Labute approximate surface area is 165 Å². The van der Waals surface area contributed by atoms with E-state index in [0.29, 0.717) is 25.5 Å². The summed E-state index contributed by atoms with van der Waals surface area (Å²) in [5.74, 6) is 0.288. The van der Waals surface area contributed by atoms with Crippen molar-refractivity contribution < 1.29 is 17.9 Å². The highest BCUT2D eigenvalue weighted by atomic mass is 32.2. The van der Waals surface area contributed by atoms with Crippen LogP contribution in [0.5, 0.6) is 0 Å². The summed E-state index contributed by atoms with van der Waals surface area (Å²) in [6.07, 6.45) is 3.11. The molecule has 0 saturated carbocycles. The fourth-order valence-electron chi connectivity index (χ4n) is 3.21. The Morgan fingerprint density at radius 3 is 2.46 bits per heavy atom. The lowest BCUT2D eigenvalue weighted by atomic mass is 10.1. The Morgan fingerprint density at radius 1 is 1.18 bits per heavy atom. The van der Waals surface area contributed by atoms with Crippen LogP contribution in [-0.4, -0.2) is 72.6 Å². The van der Waals surface area contributed by atoms with Gasteiger partial charge < -0.3 is 9.72 Å². The molecule has 1 aromatic heterocycles. The van der Waals surface area contributed by atoms with Crippen LogP contribution in [0.15, 0.2) is 30.5 Å². The van der Waals surface area contributed by atoms with Crippen LogP contribution in [0.1, 0.15) is 18.3 Å². The van der Waals surface area contributed by atoms with Crippen LogP contribution in [0.4, 0.5) is 0 Å². The molecule has 0 spiro atoms. The summed E-state index contributed by atoms with van der Waals surface area (Å²) in [5.41, 5.74) is 3.02. The first-order valence-electron chi connectivity index (χ1n) is 9.31. The Kier molecular flexibility index (Phi) is 6.48. The van der Waals surface area contributed by atoms with E-state index in [1.807, 2.05) is 12.1 Å². The number of nitrogens with zero attached hydrogens (tertiary/aromatic N) is 3. The maximum Gasteiger partial charge on any atom is 0.313 e. The number of hydrogen-bond donors (Lipinski definition) is 1. The Hall–Kier alpha value is -2.23. The molecule has 0 aliphatic carbocycles. The van der Waals surface area contributed by atoms with Gasteiger partial charge >= 0.3 is 5.97 Å². The molecule has 0 unspecified atom stereocenters. The molecule has 1 N–H and O–H groups in total. The third-order valence-electron chi connectivity index (χ3n) is 4.72. The molecule has 0 atom stereocenters. The number of carbonyl (C=O) groups is 1. The van der Waals surface area contributed by atoms with Gasteiger partial charge in [-0.1, -0.05) is 24.3 Å². The van der Waals surface area contributed by atoms with Crippen LogP contribution in [0, 0.1) is 0 Å². The fourth-order valence-corrected chi connectivity index (χ4v) is 4.04. The maximum atomic E-state index is 11.6. The average Bonchev–Trinajstić information content (AvgIpc) is 3.10. The van der Waals surface area contributed by atoms with Crippen LogP contribution in [0.2, 0.25) is 0 Å². The summed E-state index contributed by atoms with van der Waals surface area (Å²) >= 11 is 0. The standard InChI is InChI=1S/C19H26N4O4S/c1-3-27-19(24)12-18-20-13-17(21-18)16-6-4-15(5-7-16)14-22-8-10-23(11-9-22)28(2,25)26/h4-7,13H,3,8-12,14H2,1-2H3,(H,20,21). The van der Waals surface area contributed by atoms with Gasteiger partial charge in [-0.3, -0.25) is 9.69 Å². The van der Waals surface area contributed by atoms with Gasteiger partial charge in [-0.25, -0.2) is 13.4 Å². The summed E-state index contributed by atoms with van der Waals surface area (Å²) in [6.45, 7) is 5.45. The molecule has 1 saturated heterocycles. The molecule has 1 aliphatic rings. The number of nitrogens with one attached hydrogen (secondary N) is 1. The molecule has 2 heterocycles. The lowest BCUT2D eigenvalue weighted by Gasteiger charge is -2.33. The van der Waals surface area contributed by atoms with Gasteiger partial charge in [0.25, 0.3) is 0 Å². The Morgan fingerprint density at radius 2 is 1.86 bits per heavy atom. The van der Waals surface area contributed by atoms with Gasteiger partial charge in [0.2, 0.25) is 10.0 Å². The van der Waals surface area contributed by atoms with Crippen molar-refractivity contribution in [2.75, 3.05) is 39.0 Å². The van der Waals surface area contributed by atoms with Crippen LogP contribution in [0.3, 0.4) is 0 Å². The molecule has 0 amide bonds. The molecular weight excluding hydrogens is 380 g/mol. The predicted octanol–water partition coefficient (Wildman–Crippen LogP) is 1.26. The molecule has 1 aliphatic heterocycles. The molecule has 2 aromatic rings. The zero-order chi connectivity index (χ0) is 20.1. The molecule has 152 valence electrons. The first-order chi connectivity index (χ1) is 13.3. The molecule has 1 aromatic carbocycles. The summed E-state index contributed by atoms with van der Waals surface area (Å²) in [4.78, 5) is 21.2. The topological polar surface area (TPSA) is 95.6 Å². The lowest BCUT2D eigenvalue weighted by Crippen LogP contribution is -2.47. The van der Waals surface area contributed by atoms with E-state index < -0.39 is 10.0 Å². The quantitative estimate of drug-likeness (QED) is 0.696. The summed E-state index contributed by atoms with van der Waals surface area (Å²) in [5, 5.41) is 0. The number of ether oxygens (including phenoxy) is 1. The SMILES string of the molecule is CCOC(=O)Cc1ncc(-c2ccc(CN3CCN(S(C)(=O)=O)CC3)cc2)[nH]1. The highest BCUT2D eigenvalue weighted by molar-refractivity contribution is 7.88. The number of hydrogen-bond acceptors (Lipinski definition) is 6. The molecule has 9 heteroatoms. The number of aromatic nitrogens is 2. The number of carbonyl (C=O) groups excluding carboxylic acids is 1. The van der Waals surface area contributed by atoms with Crippen molar-refractivity contribution in [1.82, 2.24) is 19.2 Å². The number of aromatic amines is 1. The van der Waals surface area contributed by atoms with E-state index in [1.165, 1.54) is 16.1 Å². The second kappa shape index (κ2) is 8.85. The van der Waals surface area contributed by atoms with Crippen LogP contribution >= 0.6 is 0 Å². The zero-order valence-electron chi connectivity index (χ0n) is 16.2. The minimum Gasteiger partial charge on any atom is -0.466 e. The van der Waals surface area contributed by atoms with Gasteiger partial charge in [0.1, 0.15) is 12.2 Å². The molecule has 0 radical (unpaired) electrons. The number of H-pyrrole nitrogens is 1. The number of benzene rings is 1. The van der Waals surface area contributed by atoms with E-state index in [9.17, 15) is 13.2 Å². The van der Waals surface area contributed by atoms with E-state index in [-0.39, 0.29) is 12.4 Å². The Bertz CT molecular complexity index is 900. The van der Waals surface area contributed by atoms with Gasteiger partial charge in [0, 0.05) is 32.7 Å².